The average molecular weight is 465 g/mol. The molecule has 0 bridgehead atoms. The minimum atomic E-state index is -0.527. The first-order chi connectivity index (χ1) is 16.4. The Balaban J connectivity index is 1.34. The van der Waals surface area contributed by atoms with Gasteiger partial charge >= 0.3 is 12.0 Å². The minimum absolute atomic E-state index is 0.0934. The van der Waals surface area contributed by atoms with Gasteiger partial charge in [-0.1, -0.05) is 24.1 Å². The van der Waals surface area contributed by atoms with Crippen molar-refractivity contribution < 1.29 is 19.1 Å². The van der Waals surface area contributed by atoms with E-state index in [0.717, 1.165) is 36.8 Å². The van der Waals surface area contributed by atoms with Crippen LogP contribution in [0.25, 0.3) is 11.0 Å². The first-order valence-electron chi connectivity index (χ1n) is 11.3. The smallest absolute Gasteiger partial charge is 0.339 e. The number of anilines is 1. The van der Waals surface area contributed by atoms with Crippen molar-refractivity contribution in [2.45, 2.75) is 45.2 Å². The Bertz CT molecular complexity index is 1220. The Morgan fingerprint density at radius 1 is 1.12 bits per heavy atom. The predicted molar refractivity (Wildman–Crippen MR) is 127 cm³/mol. The molecule has 10 nitrogen and oxygen atoms in total. The van der Waals surface area contributed by atoms with Crippen LogP contribution in [0.15, 0.2) is 36.4 Å². The summed E-state index contributed by atoms with van der Waals surface area (Å²) >= 11 is 0. The molecule has 0 spiro atoms. The lowest BCUT2D eigenvalue weighted by Gasteiger charge is -2.12. The number of nitrogens with zero attached hydrogens (tertiary/aromatic N) is 3. The maximum absolute atomic E-state index is 12.5. The van der Waals surface area contributed by atoms with E-state index in [9.17, 15) is 14.4 Å². The van der Waals surface area contributed by atoms with E-state index in [-0.39, 0.29) is 24.1 Å². The molecule has 0 unspecified atom stereocenters. The largest absolute Gasteiger partial charge is 0.465 e. The third kappa shape index (κ3) is 5.33. The third-order valence-corrected chi connectivity index (χ3v) is 5.90. The number of aryl methyl sites for hydroxylation is 1. The molecule has 3 N–H and O–H groups in total. The highest BCUT2D eigenvalue weighted by Gasteiger charge is 2.19. The molecule has 34 heavy (non-hydrogen) atoms. The second kappa shape index (κ2) is 10.3. The van der Waals surface area contributed by atoms with Gasteiger partial charge in [0.15, 0.2) is 0 Å². The van der Waals surface area contributed by atoms with Crippen molar-refractivity contribution in [2.75, 3.05) is 19.0 Å². The Hall–Kier alpha value is -3.95. The number of nitrogens with one attached hydrogen (secondary N) is 3. The zero-order valence-corrected chi connectivity index (χ0v) is 19.3. The number of ether oxygens (including phenoxy) is 1. The standard InChI is InChI=1S/C24H28N6O4/c1-15-7-9-18(23(32)34-2)19(13-15)27-24(33)25-11-12-30-21-10-8-16(14-20(21)28-29-30)22(31)26-17-5-3-4-6-17/h7-10,13-14,17H,3-6,11-12H2,1-2H3,(H,26,31)(H2,25,27,33). The number of methoxy groups -OCH3 is 1. The molecule has 0 aliphatic heterocycles. The number of benzene rings is 2. The summed E-state index contributed by atoms with van der Waals surface area (Å²) in [4.78, 5) is 36.8. The van der Waals surface area contributed by atoms with Crippen LogP contribution in [0.3, 0.4) is 0 Å². The van der Waals surface area contributed by atoms with Crippen molar-refractivity contribution in [3.8, 4) is 0 Å². The van der Waals surface area contributed by atoms with Crippen LogP contribution < -0.4 is 16.0 Å². The summed E-state index contributed by atoms with van der Waals surface area (Å²) in [5, 5.41) is 16.8. The molecular weight excluding hydrogens is 436 g/mol. The number of hydrogen-bond acceptors (Lipinski definition) is 6. The van der Waals surface area contributed by atoms with Crippen LogP contribution >= 0.6 is 0 Å². The number of carbonyl (C=O) groups is 3. The number of urea groups is 1. The quantitative estimate of drug-likeness (QED) is 0.461. The van der Waals surface area contributed by atoms with Crippen LogP contribution in [-0.2, 0) is 11.3 Å². The Morgan fingerprint density at radius 3 is 2.68 bits per heavy atom. The van der Waals surface area contributed by atoms with E-state index >= 15 is 0 Å². The van der Waals surface area contributed by atoms with Crippen molar-refractivity contribution in [1.82, 2.24) is 25.6 Å². The van der Waals surface area contributed by atoms with E-state index in [4.69, 9.17) is 4.74 Å². The summed E-state index contributed by atoms with van der Waals surface area (Å²) in [5.74, 6) is -0.621. The van der Waals surface area contributed by atoms with E-state index in [1.54, 1.807) is 35.0 Å². The molecule has 0 saturated heterocycles. The topological polar surface area (TPSA) is 127 Å². The maximum atomic E-state index is 12.5. The monoisotopic (exact) mass is 464 g/mol. The summed E-state index contributed by atoms with van der Waals surface area (Å²) in [6.45, 7) is 2.53. The van der Waals surface area contributed by atoms with Crippen LogP contribution in [0.1, 0.15) is 52.0 Å². The molecule has 0 radical (unpaired) electrons. The lowest BCUT2D eigenvalue weighted by Crippen LogP contribution is -2.32. The van der Waals surface area contributed by atoms with Gasteiger partial charge in [0, 0.05) is 18.2 Å². The molecule has 10 heteroatoms. The van der Waals surface area contributed by atoms with Gasteiger partial charge in [-0.05, 0) is 55.7 Å². The van der Waals surface area contributed by atoms with Gasteiger partial charge in [-0.2, -0.15) is 0 Å². The summed E-state index contributed by atoms with van der Waals surface area (Å²) in [6, 6.07) is 10.2. The van der Waals surface area contributed by atoms with Gasteiger partial charge in [0.1, 0.15) is 5.52 Å². The molecule has 4 rings (SSSR count). The van der Waals surface area contributed by atoms with Gasteiger partial charge in [0.2, 0.25) is 0 Å². The van der Waals surface area contributed by atoms with Crippen LogP contribution in [0, 0.1) is 6.92 Å². The highest BCUT2D eigenvalue weighted by Crippen LogP contribution is 2.20. The van der Waals surface area contributed by atoms with Crippen LogP contribution in [0.2, 0.25) is 0 Å². The Morgan fingerprint density at radius 2 is 1.91 bits per heavy atom. The molecule has 1 fully saturated rings. The van der Waals surface area contributed by atoms with Gasteiger partial charge in [-0.25, -0.2) is 14.3 Å². The van der Waals surface area contributed by atoms with Crippen molar-refractivity contribution in [3.63, 3.8) is 0 Å². The summed E-state index contributed by atoms with van der Waals surface area (Å²) in [7, 11) is 1.29. The van der Waals surface area contributed by atoms with Gasteiger partial charge in [0.05, 0.1) is 30.4 Å². The Labute approximate surface area is 197 Å². The SMILES string of the molecule is COC(=O)c1ccc(C)cc1NC(=O)NCCn1nnc2cc(C(=O)NC3CCCC3)ccc21. The number of hydrogen-bond donors (Lipinski definition) is 3. The molecule has 3 amide bonds. The van der Waals surface area contributed by atoms with E-state index < -0.39 is 12.0 Å². The second-order valence-electron chi connectivity index (χ2n) is 8.39. The highest BCUT2D eigenvalue weighted by atomic mass is 16.5. The lowest BCUT2D eigenvalue weighted by molar-refractivity contribution is 0.0601. The van der Waals surface area contributed by atoms with Crippen LogP contribution in [0.5, 0.6) is 0 Å². The van der Waals surface area contributed by atoms with E-state index in [1.165, 1.54) is 7.11 Å². The van der Waals surface area contributed by atoms with Gasteiger partial charge in [-0.15, -0.1) is 5.10 Å². The number of esters is 1. The van der Waals surface area contributed by atoms with Crippen molar-refractivity contribution in [1.29, 1.82) is 0 Å². The summed E-state index contributed by atoms with van der Waals surface area (Å²) in [5.41, 5.74) is 3.49. The van der Waals surface area contributed by atoms with Gasteiger partial charge < -0.3 is 20.7 Å². The first-order valence-corrected chi connectivity index (χ1v) is 11.3. The average Bonchev–Trinajstić information content (AvgIpc) is 3.48. The Kier molecular flexibility index (Phi) is 7.05. The zero-order valence-electron chi connectivity index (χ0n) is 19.3. The molecule has 1 aromatic heterocycles. The minimum Gasteiger partial charge on any atom is -0.465 e. The van der Waals surface area contributed by atoms with Crippen LogP contribution in [-0.4, -0.2) is 52.6 Å². The highest BCUT2D eigenvalue weighted by molar-refractivity contribution is 6.01. The molecule has 2 aromatic carbocycles. The molecule has 178 valence electrons. The first kappa shape index (κ1) is 23.2. The summed E-state index contributed by atoms with van der Waals surface area (Å²) < 4.78 is 6.44. The number of fused-ring (bicyclic) bond motifs is 1. The number of rotatable bonds is 7. The number of aromatic nitrogens is 3. The molecule has 1 saturated carbocycles. The molecule has 1 aliphatic rings. The van der Waals surface area contributed by atoms with E-state index in [1.807, 2.05) is 13.0 Å². The van der Waals surface area contributed by atoms with E-state index in [2.05, 4.69) is 26.3 Å². The van der Waals surface area contributed by atoms with E-state index in [0.29, 0.717) is 23.3 Å². The third-order valence-electron chi connectivity index (χ3n) is 5.90. The van der Waals surface area contributed by atoms with Crippen molar-refractivity contribution >= 4 is 34.6 Å². The molecule has 1 aliphatic carbocycles. The van der Waals surface area contributed by atoms with Gasteiger partial charge in [0.25, 0.3) is 5.91 Å². The van der Waals surface area contributed by atoms with Crippen molar-refractivity contribution in [3.05, 3.63) is 53.1 Å². The van der Waals surface area contributed by atoms with Crippen LogP contribution in [0.4, 0.5) is 10.5 Å². The molecule has 1 heterocycles. The fourth-order valence-electron chi connectivity index (χ4n) is 4.11. The number of carbonyl (C=O) groups excluding carboxylic acids is 3. The zero-order chi connectivity index (χ0) is 24.1. The maximum Gasteiger partial charge on any atom is 0.339 e. The predicted octanol–water partition coefficient (Wildman–Crippen LogP) is 3.02. The normalized spacial score (nSPS) is 13.6. The fraction of sp³-hybridized carbons (Fsp3) is 0.375. The van der Waals surface area contributed by atoms with Crippen molar-refractivity contribution in [2.24, 2.45) is 0 Å². The lowest BCUT2D eigenvalue weighted by atomic mass is 10.1. The molecule has 0 atom stereocenters. The molecule has 3 aromatic rings. The summed E-state index contributed by atoms with van der Waals surface area (Å²) in [6.07, 6.45) is 4.36. The molecular formula is C24H28N6O4. The number of amides is 3. The second-order valence-corrected chi connectivity index (χ2v) is 8.39. The fourth-order valence-corrected chi connectivity index (χ4v) is 4.11. The van der Waals surface area contributed by atoms with Gasteiger partial charge in [-0.3, -0.25) is 4.79 Å².